The largest absolute Gasteiger partial charge is 0.297 e. The third-order valence-corrected chi connectivity index (χ3v) is 3.91. The van der Waals surface area contributed by atoms with Gasteiger partial charge >= 0.3 is 0 Å². The highest BCUT2D eigenvalue weighted by Gasteiger charge is 2.33. The lowest BCUT2D eigenvalue weighted by molar-refractivity contribution is 0.153. The van der Waals surface area contributed by atoms with Gasteiger partial charge in [-0.1, -0.05) is 24.6 Å². The van der Waals surface area contributed by atoms with Gasteiger partial charge in [-0.05, 0) is 56.9 Å². The number of aromatic nitrogens is 4. The van der Waals surface area contributed by atoms with Crippen LogP contribution < -0.4 is 0 Å². The molecule has 0 saturated carbocycles. The van der Waals surface area contributed by atoms with Gasteiger partial charge in [-0.25, -0.2) is 0 Å². The second kappa shape index (κ2) is 5.09. The van der Waals surface area contributed by atoms with Gasteiger partial charge in [-0.3, -0.25) is 4.90 Å². The fourth-order valence-corrected chi connectivity index (χ4v) is 2.06. The van der Waals surface area contributed by atoms with Gasteiger partial charge in [0.25, 0.3) is 0 Å². The van der Waals surface area contributed by atoms with Crippen LogP contribution in [0.2, 0.25) is 0 Å². The van der Waals surface area contributed by atoms with E-state index in [-0.39, 0.29) is 5.54 Å². The quantitative estimate of drug-likeness (QED) is 0.844. The van der Waals surface area contributed by atoms with Gasteiger partial charge in [0.1, 0.15) is 0 Å². The molecule has 0 bridgehead atoms. The SMILES string of the molecule is CC[C@@](C)(c1nnnn1-c1ccc(C)cc1)N(C)C. The smallest absolute Gasteiger partial charge is 0.176 e. The van der Waals surface area contributed by atoms with E-state index in [4.69, 9.17) is 0 Å². The van der Waals surface area contributed by atoms with E-state index in [2.05, 4.69) is 67.4 Å². The predicted molar refractivity (Wildman–Crippen MR) is 75.2 cm³/mol. The van der Waals surface area contributed by atoms with Crippen LogP contribution in [0.25, 0.3) is 5.69 Å². The summed E-state index contributed by atoms with van der Waals surface area (Å²) in [5.74, 6) is 0.865. The minimum atomic E-state index is -0.186. The van der Waals surface area contributed by atoms with Crippen LogP contribution in [0.1, 0.15) is 31.7 Å². The van der Waals surface area contributed by atoms with E-state index in [1.807, 2.05) is 16.8 Å². The van der Waals surface area contributed by atoms with Crippen molar-refractivity contribution in [1.82, 2.24) is 25.1 Å². The molecule has 0 radical (unpaired) electrons. The summed E-state index contributed by atoms with van der Waals surface area (Å²) in [6.45, 7) is 6.37. The predicted octanol–water partition coefficient (Wildman–Crippen LogP) is 2.16. The fourth-order valence-electron chi connectivity index (χ4n) is 2.06. The zero-order chi connectivity index (χ0) is 14.0. The van der Waals surface area contributed by atoms with Crippen LogP contribution in [-0.2, 0) is 5.54 Å². The van der Waals surface area contributed by atoms with Crippen molar-refractivity contribution in [3.05, 3.63) is 35.7 Å². The molecule has 0 unspecified atom stereocenters. The van der Waals surface area contributed by atoms with Crippen molar-refractivity contribution in [3.63, 3.8) is 0 Å². The Morgan fingerprint density at radius 2 is 1.84 bits per heavy atom. The standard InChI is InChI=1S/C14H21N5/c1-6-14(3,18(4)5)13-15-16-17-19(13)12-9-7-11(2)8-10-12/h7-10H,6H2,1-5H3/t14-/m0/s1. The molecule has 0 aliphatic heterocycles. The summed E-state index contributed by atoms with van der Waals surface area (Å²) in [7, 11) is 4.11. The molecule has 0 N–H and O–H groups in total. The van der Waals surface area contributed by atoms with Gasteiger partial charge in [0, 0.05) is 0 Å². The number of tetrazole rings is 1. The molecule has 1 aromatic carbocycles. The Morgan fingerprint density at radius 3 is 2.37 bits per heavy atom. The van der Waals surface area contributed by atoms with Crippen molar-refractivity contribution in [3.8, 4) is 5.69 Å². The third-order valence-electron chi connectivity index (χ3n) is 3.91. The summed E-state index contributed by atoms with van der Waals surface area (Å²) >= 11 is 0. The first kappa shape index (κ1) is 13.7. The molecule has 102 valence electrons. The van der Waals surface area contributed by atoms with Crippen molar-refractivity contribution >= 4 is 0 Å². The number of benzene rings is 1. The fraction of sp³-hybridized carbons (Fsp3) is 0.500. The molecular weight excluding hydrogens is 238 g/mol. The van der Waals surface area contributed by atoms with E-state index >= 15 is 0 Å². The van der Waals surface area contributed by atoms with Crippen molar-refractivity contribution < 1.29 is 0 Å². The Labute approximate surface area is 114 Å². The van der Waals surface area contributed by atoms with Gasteiger partial charge in [0.05, 0.1) is 11.2 Å². The Balaban J connectivity index is 2.50. The van der Waals surface area contributed by atoms with Crippen LogP contribution in [0, 0.1) is 6.92 Å². The molecule has 0 aliphatic carbocycles. The summed E-state index contributed by atoms with van der Waals surface area (Å²) in [5, 5.41) is 12.2. The Morgan fingerprint density at radius 1 is 1.21 bits per heavy atom. The highest BCUT2D eigenvalue weighted by molar-refractivity contribution is 5.34. The molecular formula is C14H21N5. The second-order valence-electron chi connectivity index (χ2n) is 5.27. The maximum Gasteiger partial charge on any atom is 0.176 e. The van der Waals surface area contributed by atoms with E-state index < -0.39 is 0 Å². The summed E-state index contributed by atoms with van der Waals surface area (Å²) in [5.41, 5.74) is 2.03. The summed E-state index contributed by atoms with van der Waals surface area (Å²) < 4.78 is 1.82. The van der Waals surface area contributed by atoms with Crippen LogP contribution in [0.5, 0.6) is 0 Å². The molecule has 1 atom stereocenters. The van der Waals surface area contributed by atoms with E-state index in [9.17, 15) is 0 Å². The number of hydrogen-bond donors (Lipinski definition) is 0. The minimum absolute atomic E-state index is 0.186. The van der Waals surface area contributed by atoms with Crippen LogP contribution >= 0.6 is 0 Å². The summed E-state index contributed by atoms with van der Waals surface area (Å²) in [6.07, 6.45) is 0.937. The van der Waals surface area contributed by atoms with E-state index in [1.54, 1.807) is 0 Å². The number of aryl methyl sites for hydroxylation is 1. The third kappa shape index (κ3) is 2.38. The van der Waals surface area contributed by atoms with Gasteiger partial charge in [0.15, 0.2) is 5.82 Å². The molecule has 1 heterocycles. The van der Waals surface area contributed by atoms with E-state index in [0.717, 1.165) is 17.9 Å². The maximum atomic E-state index is 4.24. The lowest BCUT2D eigenvalue weighted by Gasteiger charge is -2.34. The summed E-state index contributed by atoms with van der Waals surface area (Å²) in [6, 6.07) is 8.22. The van der Waals surface area contributed by atoms with Crippen LogP contribution in [-0.4, -0.2) is 39.2 Å². The molecule has 0 spiro atoms. The zero-order valence-electron chi connectivity index (χ0n) is 12.3. The first-order chi connectivity index (χ1) is 8.99. The second-order valence-corrected chi connectivity index (χ2v) is 5.27. The lowest BCUT2D eigenvalue weighted by atomic mass is 9.96. The molecule has 19 heavy (non-hydrogen) atoms. The number of nitrogens with zero attached hydrogens (tertiary/aromatic N) is 5. The Bertz CT molecular complexity index is 543. The topological polar surface area (TPSA) is 46.8 Å². The van der Waals surface area contributed by atoms with Crippen molar-refractivity contribution in [2.75, 3.05) is 14.1 Å². The van der Waals surface area contributed by atoms with E-state index in [1.165, 1.54) is 5.56 Å². The van der Waals surface area contributed by atoms with Gasteiger partial charge in [0.2, 0.25) is 0 Å². The molecule has 2 rings (SSSR count). The number of rotatable bonds is 4. The zero-order valence-corrected chi connectivity index (χ0v) is 12.3. The normalized spacial score (nSPS) is 14.6. The van der Waals surface area contributed by atoms with Gasteiger partial charge < -0.3 is 0 Å². The van der Waals surface area contributed by atoms with Crippen LogP contribution in [0.3, 0.4) is 0 Å². The summed E-state index contributed by atoms with van der Waals surface area (Å²) in [4.78, 5) is 2.16. The highest BCUT2D eigenvalue weighted by atomic mass is 15.6. The highest BCUT2D eigenvalue weighted by Crippen LogP contribution is 2.28. The minimum Gasteiger partial charge on any atom is -0.297 e. The van der Waals surface area contributed by atoms with Crippen LogP contribution in [0.4, 0.5) is 0 Å². The number of hydrogen-bond acceptors (Lipinski definition) is 4. The molecule has 0 amide bonds. The maximum absolute atomic E-state index is 4.24. The van der Waals surface area contributed by atoms with Crippen molar-refractivity contribution in [2.45, 2.75) is 32.7 Å². The molecule has 0 fully saturated rings. The van der Waals surface area contributed by atoms with Crippen LogP contribution in [0.15, 0.2) is 24.3 Å². The van der Waals surface area contributed by atoms with E-state index in [0.29, 0.717) is 0 Å². The molecule has 2 aromatic rings. The first-order valence-corrected chi connectivity index (χ1v) is 6.52. The molecule has 0 saturated heterocycles. The van der Waals surface area contributed by atoms with Crippen molar-refractivity contribution in [2.24, 2.45) is 0 Å². The molecule has 0 aliphatic rings. The molecule has 5 heteroatoms. The molecule has 1 aromatic heterocycles. The Hall–Kier alpha value is -1.75. The molecule has 5 nitrogen and oxygen atoms in total. The lowest BCUT2D eigenvalue weighted by Crippen LogP contribution is -2.40. The Kier molecular flexibility index (Phi) is 3.66. The average Bonchev–Trinajstić information content (AvgIpc) is 2.88. The van der Waals surface area contributed by atoms with Gasteiger partial charge in [-0.2, -0.15) is 4.68 Å². The van der Waals surface area contributed by atoms with Crippen molar-refractivity contribution in [1.29, 1.82) is 0 Å². The van der Waals surface area contributed by atoms with Gasteiger partial charge in [-0.15, -0.1) is 5.10 Å². The first-order valence-electron chi connectivity index (χ1n) is 6.52. The average molecular weight is 259 g/mol. The monoisotopic (exact) mass is 259 g/mol.